The molecule has 5 nitrogen and oxygen atoms in total. The van der Waals surface area contributed by atoms with Crippen LogP contribution in [-0.4, -0.2) is 19.7 Å². The van der Waals surface area contributed by atoms with E-state index in [4.69, 9.17) is 5.26 Å². The number of nitrogens with zero attached hydrogens (tertiary/aromatic N) is 4. The lowest BCUT2D eigenvalue weighted by atomic mass is 10.1. The van der Waals surface area contributed by atoms with Crippen molar-refractivity contribution in [1.29, 1.82) is 5.26 Å². The highest BCUT2D eigenvalue weighted by Crippen LogP contribution is 2.20. The number of aromatic nitrogens is 4. The lowest BCUT2D eigenvalue weighted by Gasteiger charge is -2.02. The summed E-state index contributed by atoms with van der Waals surface area (Å²) < 4.78 is 1.86. The fraction of sp³-hybridized carbons (Fsp3) is 0.214. The van der Waals surface area contributed by atoms with Crippen LogP contribution in [0.3, 0.4) is 0 Å². The van der Waals surface area contributed by atoms with Gasteiger partial charge in [-0.3, -0.25) is 0 Å². The van der Waals surface area contributed by atoms with Crippen molar-refractivity contribution in [3.05, 3.63) is 42.0 Å². The van der Waals surface area contributed by atoms with E-state index < -0.39 is 0 Å². The third-order valence-corrected chi connectivity index (χ3v) is 3.19. The van der Waals surface area contributed by atoms with Crippen LogP contribution in [0, 0.1) is 18.3 Å². The van der Waals surface area contributed by atoms with Gasteiger partial charge in [-0.2, -0.15) is 10.4 Å². The maximum absolute atomic E-state index is 8.67. The van der Waals surface area contributed by atoms with Crippen molar-refractivity contribution in [2.45, 2.75) is 19.8 Å². The molecule has 3 heterocycles. The number of rotatable bonds is 3. The molecule has 0 unspecified atom stereocenters. The second kappa shape index (κ2) is 4.58. The highest BCUT2D eigenvalue weighted by molar-refractivity contribution is 5.84. The van der Waals surface area contributed by atoms with E-state index in [1.165, 1.54) is 0 Å². The summed E-state index contributed by atoms with van der Waals surface area (Å²) in [5.41, 5.74) is 3.93. The van der Waals surface area contributed by atoms with Crippen LogP contribution < -0.4 is 0 Å². The maximum Gasteiger partial charge on any atom is 0.139 e. The number of pyridine rings is 1. The summed E-state index contributed by atoms with van der Waals surface area (Å²) in [6.45, 7) is 1.97. The Balaban J connectivity index is 2.07. The molecule has 0 aliphatic rings. The van der Waals surface area contributed by atoms with E-state index in [2.05, 4.69) is 21.1 Å². The van der Waals surface area contributed by atoms with Gasteiger partial charge >= 0.3 is 0 Å². The summed E-state index contributed by atoms with van der Waals surface area (Å²) in [5, 5.41) is 14.2. The van der Waals surface area contributed by atoms with Gasteiger partial charge in [0.1, 0.15) is 5.65 Å². The number of aromatic amines is 1. The smallest absolute Gasteiger partial charge is 0.139 e. The van der Waals surface area contributed by atoms with Gasteiger partial charge in [0.05, 0.1) is 17.5 Å². The molecule has 0 aliphatic carbocycles. The fourth-order valence-electron chi connectivity index (χ4n) is 2.20. The minimum absolute atomic E-state index is 0.516. The van der Waals surface area contributed by atoms with Crippen LogP contribution in [0.1, 0.15) is 17.7 Å². The molecular weight excluding hydrogens is 238 g/mol. The first-order valence-corrected chi connectivity index (χ1v) is 6.14. The minimum Gasteiger partial charge on any atom is -0.346 e. The van der Waals surface area contributed by atoms with Crippen LogP contribution in [0.4, 0.5) is 0 Å². The van der Waals surface area contributed by atoms with Gasteiger partial charge in [0.25, 0.3) is 0 Å². The predicted molar refractivity (Wildman–Crippen MR) is 71.9 cm³/mol. The second-order valence-corrected chi connectivity index (χ2v) is 4.41. The predicted octanol–water partition coefficient (Wildman–Crippen LogP) is 2.51. The van der Waals surface area contributed by atoms with E-state index in [1.807, 2.05) is 36.1 Å². The van der Waals surface area contributed by atoms with E-state index in [-0.39, 0.29) is 0 Å². The first kappa shape index (κ1) is 11.5. The topological polar surface area (TPSA) is 70.3 Å². The molecule has 3 aromatic heterocycles. The normalized spacial score (nSPS) is 10.7. The summed E-state index contributed by atoms with van der Waals surface area (Å²) in [5.74, 6) is 0. The van der Waals surface area contributed by atoms with E-state index in [1.54, 1.807) is 6.20 Å². The van der Waals surface area contributed by atoms with Gasteiger partial charge in [-0.15, -0.1) is 0 Å². The van der Waals surface area contributed by atoms with Gasteiger partial charge in [-0.25, -0.2) is 9.67 Å². The summed E-state index contributed by atoms with van der Waals surface area (Å²) in [4.78, 5) is 7.36. The number of hydrogen-bond donors (Lipinski definition) is 1. The van der Waals surface area contributed by atoms with Crippen LogP contribution in [0.15, 0.2) is 30.7 Å². The Labute approximate surface area is 110 Å². The molecule has 3 aromatic rings. The Morgan fingerprint density at radius 1 is 1.42 bits per heavy atom. The molecule has 3 rings (SSSR count). The molecule has 0 fully saturated rings. The zero-order valence-electron chi connectivity index (χ0n) is 10.6. The van der Waals surface area contributed by atoms with Crippen molar-refractivity contribution in [3.8, 4) is 11.8 Å². The summed E-state index contributed by atoms with van der Waals surface area (Å²) >= 11 is 0. The van der Waals surface area contributed by atoms with Crippen molar-refractivity contribution < 1.29 is 0 Å². The van der Waals surface area contributed by atoms with Gasteiger partial charge < -0.3 is 4.98 Å². The minimum atomic E-state index is 0.516. The monoisotopic (exact) mass is 251 g/mol. The van der Waals surface area contributed by atoms with E-state index in [9.17, 15) is 0 Å². The molecular formula is C14H13N5. The van der Waals surface area contributed by atoms with Crippen molar-refractivity contribution in [3.63, 3.8) is 0 Å². The number of nitrogens with one attached hydrogen (secondary N) is 1. The Hall–Kier alpha value is -2.61. The fourth-order valence-corrected chi connectivity index (χ4v) is 2.20. The van der Waals surface area contributed by atoms with Crippen molar-refractivity contribution in [2.24, 2.45) is 0 Å². The molecule has 0 atom stereocenters. The number of aryl methyl sites for hydroxylation is 2. The molecule has 94 valence electrons. The number of fused-ring (bicyclic) bond motifs is 1. The van der Waals surface area contributed by atoms with Crippen molar-refractivity contribution in [1.82, 2.24) is 19.7 Å². The zero-order valence-corrected chi connectivity index (χ0v) is 10.6. The molecule has 0 radical (unpaired) electrons. The molecule has 0 aromatic carbocycles. The van der Waals surface area contributed by atoms with Crippen molar-refractivity contribution in [2.75, 3.05) is 0 Å². The third-order valence-electron chi connectivity index (χ3n) is 3.19. The quantitative estimate of drug-likeness (QED) is 0.777. The van der Waals surface area contributed by atoms with Crippen LogP contribution in [0.5, 0.6) is 0 Å². The van der Waals surface area contributed by atoms with Gasteiger partial charge in [-0.1, -0.05) is 0 Å². The van der Waals surface area contributed by atoms with Gasteiger partial charge in [0, 0.05) is 30.4 Å². The molecule has 5 heteroatoms. The van der Waals surface area contributed by atoms with E-state index >= 15 is 0 Å². The van der Waals surface area contributed by atoms with Crippen LogP contribution >= 0.6 is 0 Å². The molecule has 0 saturated carbocycles. The summed E-state index contributed by atoms with van der Waals surface area (Å²) in [7, 11) is 0. The van der Waals surface area contributed by atoms with Crippen molar-refractivity contribution >= 4 is 11.0 Å². The summed E-state index contributed by atoms with van der Waals surface area (Å²) in [6.07, 6.45) is 6.88. The van der Waals surface area contributed by atoms with Gasteiger partial charge in [-0.05, 0) is 31.0 Å². The van der Waals surface area contributed by atoms with Crippen LogP contribution in [0.25, 0.3) is 16.7 Å². The number of H-pyrrole nitrogens is 1. The Morgan fingerprint density at radius 2 is 2.32 bits per heavy atom. The zero-order chi connectivity index (χ0) is 13.2. The second-order valence-electron chi connectivity index (χ2n) is 4.41. The molecule has 19 heavy (non-hydrogen) atoms. The number of hydrogen-bond acceptors (Lipinski definition) is 3. The molecule has 0 spiro atoms. The van der Waals surface area contributed by atoms with E-state index in [0.29, 0.717) is 6.42 Å². The molecule has 0 bridgehead atoms. The standard InChI is InChI=1S/C14H13N5/c1-10-11(3-2-6-15)9-19(18-10)13-5-8-17-14-12(13)4-7-16-14/h4-5,7-9H,2-3H2,1H3,(H,16,17). The van der Waals surface area contributed by atoms with E-state index in [0.717, 1.165) is 34.4 Å². The van der Waals surface area contributed by atoms with Gasteiger partial charge in [0.15, 0.2) is 0 Å². The molecule has 0 amide bonds. The molecule has 0 aliphatic heterocycles. The summed E-state index contributed by atoms with van der Waals surface area (Å²) in [6, 6.07) is 6.10. The van der Waals surface area contributed by atoms with Gasteiger partial charge in [0.2, 0.25) is 0 Å². The highest BCUT2D eigenvalue weighted by atomic mass is 15.3. The lowest BCUT2D eigenvalue weighted by molar-refractivity contribution is 0.868. The Kier molecular flexibility index (Phi) is 2.76. The van der Waals surface area contributed by atoms with Crippen LogP contribution in [0.2, 0.25) is 0 Å². The maximum atomic E-state index is 8.67. The lowest BCUT2D eigenvalue weighted by Crippen LogP contribution is -1.96. The van der Waals surface area contributed by atoms with Crippen LogP contribution in [-0.2, 0) is 6.42 Å². The average Bonchev–Trinajstić information content (AvgIpc) is 3.02. The number of nitriles is 1. The average molecular weight is 251 g/mol. The Morgan fingerprint density at radius 3 is 3.16 bits per heavy atom. The first-order valence-electron chi connectivity index (χ1n) is 6.14. The molecule has 0 saturated heterocycles. The first-order chi connectivity index (χ1) is 9.29. The molecule has 1 N–H and O–H groups in total. The Bertz CT molecular complexity index is 760. The largest absolute Gasteiger partial charge is 0.346 e. The highest BCUT2D eigenvalue weighted by Gasteiger charge is 2.09. The SMILES string of the molecule is Cc1nn(-c2ccnc3[nH]ccc23)cc1CCC#N. The third kappa shape index (κ3) is 1.97.